The van der Waals surface area contributed by atoms with E-state index < -0.39 is 11.6 Å². The van der Waals surface area contributed by atoms with Crippen molar-refractivity contribution in [2.45, 2.75) is 44.2 Å². The van der Waals surface area contributed by atoms with E-state index in [1.807, 2.05) is 25.2 Å². The zero-order valence-corrected chi connectivity index (χ0v) is 19.5. The van der Waals surface area contributed by atoms with Crippen molar-refractivity contribution in [1.82, 2.24) is 15.2 Å². The minimum Gasteiger partial charge on any atom is -0.508 e. The molecule has 4 rings (SSSR count). The number of aromatic hydroxyl groups is 1. The van der Waals surface area contributed by atoms with E-state index in [9.17, 15) is 14.7 Å². The van der Waals surface area contributed by atoms with Crippen LogP contribution in [-0.2, 0) is 23.1 Å². The van der Waals surface area contributed by atoms with Gasteiger partial charge in [-0.2, -0.15) is 0 Å². The Morgan fingerprint density at radius 3 is 2.59 bits per heavy atom. The molecule has 1 aromatic heterocycles. The summed E-state index contributed by atoms with van der Waals surface area (Å²) in [6.45, 7) is 2.14. The van der Waals surface area contributed by atoms with Crippen LogP contribution in [0.3, 0.4) is 0 Å². The van der Waals surface area contributed by atoms with Crippen molar-refractivity contribution in [3.63, 3.8) is 0 Å². The van der Waals surface area contributed by atoms with E-state index in [2.05, 4.69) is 21.3 Å². The minimum absolute atomic E-state index is 0.0302. The summed E-state index contributed by atoms with van der Waals surface area (Å²) in [6.07, 6.45) is 2.83. The Morgan fingerprint density at radius 1 is 1.24 bits per heavy atom. The van der Waals surface area contributed by atoms with Gasteiger partial charge in [-0.05, 0) is 67.4 Å². The maximum atomic E-state index is 13.9. The Kier molecular flexibility index (Phi) is 6.43. The van der Waals surface area contributed by atoms with E-state index in [1.165, 1.54) is 19.1 Å². The summed E-state index contributed by atoms with van der Waals surface area (Å²) >= 11 is 0. The van der Waals surface area contributed by atoms with E-state index in [4.69, 9.17) is 11.1 Å². The molecule has 0 spiro atoms. The molecule has 1 saturated heterocycles. The SMILES string of the molecule is CC(=O)N[C@@H](C(=O)[C@@]1(CCc2cc3ccc(C(=N)N)cc3n2C)CCCN1)c1ccc(O)cc1. The van der Waals surface area contributed by atoms with Gasteiger partial charge in [0.1, 0.15) is 17.6 Å². The van der Waals surface area contributed by atoms with E-state index in [0.29, 0.717) is 30.4 Å². The standard InChI is InChI=1S/C26H31N5O3/c1-16(32)30-23(17-6-8-21(33)9-7-17)24(34)26(11-3-13-29-26)12-10-20-14-18-4-5-19(25(27)28)15-22(18)31(20)2/h4-9,14-15,23,29,33H,3,10-13H2,1-2H3,(H3,27,28)(H,30,32)/t23-,26+/m1/s1. The number of nitrogen functional groups attached to an aromatic ring is 1. The minimum atomic E-state index is -0.797. The molecule has 2 atom stereocenters. The molecule has 0 radical (unpaired) electrons. The molecule has 0 unspecified atom stereocenters. The number of Topliss-reactive ketones (excluding diaryl/α,β-unsaturated/α-hetero) is 1. The van der Waals surface area contributed by atoms with Crippen LogP contribution in [0.25, 0.3) is 10.9 Å². The summed E-state index contributed by atoms with van der Waals surface area (Å²) in [6, 6.07) is 13.4. The van der Waals surface area contributed by atoms with Gasteiger partial charge in [-0.1, -0.05) is 24.3 Å². The first-order valence-corrected chi connectivity index (χ1v) is 11.5. The predicted molar refractivity (Wildman–Crippen MR) is 132 cm³/mol. The first-order valence-electron chi connectivity index (χ1n) is 11.5. The number of carbonyl (C=O) groups is 2. The molecule has 1 aliphatic heterocycles. The summed E-state index contributed by atoms with van der Waals surface area (Å²) in [5.74, 6) is -0.212. The van der Waals surface area contributed by atoms with Crippen LogP contribution in [0.1, 0.15) is 49.0 Å². The number of benzene rings is 2. The molecule has 3 aromatic rings. The predicted octanol–water partition coefficient (Wildman–Crippen LogP) is 2.67. The Bertz CT molecular complexity index is 1240. The zero-order chi connectivity index (χ0) is 24.5. The van der Waals surface area contributed by atoms with Crippen LogP contribution >= 0.6 is 0 Å². The van der Waals surface area contributed by atoms with Crippen molar-refractivity contribution in [3.05, 3.63) is 65.4 Å². The summed E-state index contributed by atoms with van der Waals surface area (Å²) in [7, 11) is 1.98. The van der Waals surface area contributed by atoms with Crippen LogP contribution in [0.2, 0.25) is 0 Å². The van der Waals surface area contributed by atoms with E-state index >= 15 is 0 Å². The zero-order valence-electron chi connectivity index (χ0n) is 19.5. The van der Waals surface area contributed by atoms with Crippen LogP contribution in [-0.4, -0.2) is 39.3 Å². The number of carbonyl (C=O) groups excluding carboxylic acids is 2. The number of rotatable bonds is 8. The lowest BCUT2D eigenvalue weighted by Gasteiger charge is -2.32. The number of aryl methyl sites for hydroxylation is 2. The number of hydrogen-bond acceptors (Lipinski definition) is 5. The topological polar surface area (TPSA) is 133 Å². The van der Waals surface area contributed by atoms with Gasteiger partial charge < -0.3 is 26.0 Å². The third-order valence-corrected chi connectivity index (χ3v) is 6.82. The van der Waals surface area contributed by atoms with Crippen LogP contribution in [0.4, 0.5) is 0 Å². The lowest BCUT2D eigenvalue weighted by molar-refractivity contribution is -0.131. The summed E-state index contributed by atoms with van der Waals surface area (Å²) in [4.78, 5) is 25.9. The van der Waals surface area contributed by atoms with E-state index in [-0.39, 0.29) is 23.3 Å². The molecule has 178 valence electrons. The number of fused-ring (bicyclic) bond motifs is 1. The van der Waals surface area contributed by atoms with Crippen LogP contribution in [0.15, 0.2) is 48.5 Å². The highest BCUT2D eigenvalue weighted by molar-refractivity contribution is 5.99. The van der Waals surface area contributed by atoms with Crippen LogP contribution in [0, 0.1) is 5.41 Å². The van der Waals surface area contributed by atoms with Crippen molar-refractivity contribution in [1.29, 1.82) is 5.41 Å². The van der Waals surface area contributed by atoms with Gasteiger partial charge >= 0.3 is 0 Å². The molecule has 0 bridgehead atoms. The van der Waals surface area contributed by atoms with Gasteiger partial charge in [-0.3, -0.25) is 15.0 Å². The Balaban J connectivity index is 1.62. The molecule has 2 aromatic carbocycles. The van der Waals surface area contributed by atoms with Gasteiger partial charge in [-0.25, -0.2) is 0 Å². The monoisotopic (exact) mass is 461 g/mol. The number of nitrogens with one attached hydrogen (secondary N) is 3. The lowest BCUT2D eigenvalue weighted by atomic mass is 9.81. The van der Waals surface area contributed by atoms with Crippen molar-refractivity contribution in [2.75, 3.05) is 6.54 Å². The molecule has 34 heavy (non-hydrogen) atoms. The third-order valence-electron chi connectivity index (χ3n) is 6.82. The number of hydrogen-bond donors (Lipinski definition) is 5. The largest absolute Gasteiger partial charge is 0.508 e. The molecule has 1 aliphatic rings. The third kappa shape index (κ3) is 4.54. The number of nitrogens with zero attached hydrogens (tertiary/aromatic N) is 1. The van der Waals surface area contributed by atoms with Crippen LogP contribution < -0.4 is 16.4 Å². The van der Waals surface area contributed by atoms with Crippen molar-refractivity contribution in [3.8, 4) is 5.75 Å². The Morgan fingerprint density at radius 2 is 1.97 bits per heavy atom. The van der Waals surface area contributed by atoms with Gasteiger partial charge in [0.2, 0.25) is 5.91 Å². The van der Waals surface area contributed by atoms with Gasteiger partial charge in [0, 0.05) is 30.7 Å². The smallest absolute Gasteiger partial charge is 0.217 e. The molecular formula is C26H31N5O3. The Labute approximate surface area is 198 Å². The van der Waals surface area contributed by atoms with Crippen molar-refractivity contribution < 1.29 is 14.7 Å². The number of amidine groups is 1. The van der Waals surface area contributed by atoms with Gasteiger partial charge in [0.05, 0.1) is 5.54 Å². The highest BCUT2D eigenvalue weighted by Crippen LogP contribution is 2.33. The molecule has 8 heteroatoms. The summed E-state index contributed by atoms with van der Waals surface area (Å²) < 4.78 is 2.08. The Hall–Kier alpha value is -3.65. The number of aromatic nitrogens is 1. The highest BCUT2D eigenvalue weighted by atomic mass is 16.3. The molecule has 0 saturated carbocycles. The second kappa shape index (κ2) is 9.30. The highest BCUT2D eigenvalue weighted by Gasteiger charge is 2.44. The van der Waals surface area contributed by atoms with Crippen molar-refractivity contribution in [2.24, 2.45) is 12.8 Å². The number of nitrogens with two attached hydrogens (primary N) is 1. The molecule has 1 amide bonds. The van der Waals surface area contributed by atoms with Gasteiger partial charge in [-0.15, -0.1) is 0 Å². The number of phenolic OH excluding ortho intramolecular Hbond substituents is 1. The fraction of sp³-hybridized carbons (Fsp3) is 0.346. The van der Waals surface area contributed by atoms with Gasteiger partial charge in [0.15, 0.2) is 5.78 Å². The normalized spacial score (nSPS) is 18.6. The average Bonchev–Trinajstić information content (AvgIpc) is 3.41. The fourth-order valence-electron chi connectivity index (χ4n) is 4.94. The molecule has 6 N–H and O–H groups in total. The van der Waals surface area contributed by atoms with E-state index in [1.54, 1.807) is 12.1 Å². The molecule has 8 nitrogen and oxygen atoms in total. The summed E-state index contributed by atoms with van der Waals surface area (Å²) in [5, 5.41) is 24.7. The molecule has 0 aliphatic carbocycles. The summed E-state index contributed by atoms with van der Waals surface area (Å²) in [5.41, 5.74) is 8.29. The number of phenols is 1. The molecule has 1 fully saturated rings. The quantitative estimate of drug-likeness (QED) is 0.260. The van der Waals surface area contributed by atoms with Gasteiger partial charge in [0.25, 0.3) is 0 Å². The maximum Gasteiger partial charge on any atom is 0.217 e. The first-order chi connectivity index (χ1) is 16.2. The lowest BCUT2D eigenvalue weighted by Crippen LogP contribution is -2.53. The second-order valence-corrected chi connectivity index (χ2v) is 9.08. The molecular weight excluding hydrogens is 430 g/mol. The first kappa shape index (κ1) is 23.5. The number of ketones is 1. The number of amides is 1. The van der Waals surface area contributed by atoms with E-state index in [0.717, 1.165) is 29.6 Å². The van der Waals surface area contributed by atoms with Crippen molar-refractivity contribution >= 4 is 28.4 Å². The fourth-order valence-corrected chi connectivity index (χ4v) is 4.94. The maximum absolute atomic E-state index is 13.9. The van der Waals surface area contributed by atoms with Crippen LogP contribution in [0.5, 0.6) is 5.75 Å². The average molecular weight is 462 g/mol. The second-order valence-electron chi connectivity index (χ2n) is 9.08. The molecule has 2 heterocycles.